The normalized spacial score (nSPS) is 22.0. The monoisotopic (exact) mass is 385 g/mol. The van der Waals surface area contributed by atoms with Crippen LogP contribution in [-0.4, -0.2) is 38.4 Å². The Labute approximate surface area is 164 Å². The SMILES string of the molecule is CC(C)(C)C(CO)NC(=O)c1nn(-c2c[n+]([O-])ccn2)c2c1C[C@@H]1CCC[C@H]21. The van der Waals surface area contributed by atoms with Crippen molar-refractivity contribution in [3.05, 3.63) is 40.7 Å². The Morgan fingerprint density at radius 2 is 2.25 bits per heavy atom. The molecule has 28 heavy (non-hydrogen) atoms. The standard InChI is InChI=1S/C20H27N5O3/c1-20(2,3)15(11-26)22-19(27)17-14-9-12-5-4-6-13(12)18(14)25(23-17)16-10-24(28)8-7-21-16/h7-8,10,12-13,15,26H,4-6,9,11H2,1-3H3,(H,22,27)/t12-,13-,15?/m0/s1. The van der Waals surface area contributed by atoms with Gasteiger partial charge in [-0.2, -0.15) is 9.83 Å². The average Bonchev–Trinajstić information content (AvgIpc) is 3.29. The first-order valence-electron chi connectivity index (χ1n) is 9.88. The van der Waals surface area contributed by atoms with Crippen molar-refractivity contribution in [3.63, 3.8) is 0 Å². The summed E-state index contributed by atoms with van der Waals surface area (Å²) in [6.07, 6.45) is 8.35. The van der Waals surface area contributed by atoms with Gasteiger partial charge < -0.3 is 15.6 Å². The van der Waals surface area contributed by atoms with Crippen molar-refractivity contribution in [2.24, 2.45) is 11.3 Å². The van der Waals surface area contributed by atoms with Crippen LogP contribution in [0.3, 0.4) is 0 Å². The Hall–Kier alpha value is -2.48. The Morgan fingerprint density at radius 3 is 2.93 bits per heavy atom. The van der Waals surface area contributed by atoms with E-state index in [1.165, 1.54) is 25.0 Å². The smallest absolute Gasteiger partial charge is 0.272 e. The molecule has 2 aromatic rings. The van der Waals surface area contributed by atoms with Crippen LogP contribution in [-0.2, 0) is 6.42 Å². The van der Waals surface area contributed by atoms with Crippen molar-refractivity contribution in [2.75, 3.05) is 6.61 Å². The van der Waals surface area contributed by atoms with Gasteiger partial charge in [-0.3, -0.25) is 4.79 Å². The number of aliphatic hydroxyl groups is 1. The number of amides is 1. The van der Waals surface area contributed by atoms with Gasteiger partial charge in [-0.05, 0) is 30.6 Å². The van der Waals surface area contributed by atoms with Gasteiger partial charge in [0.2, 0.25) is 12.0 Å². The highest BCUT2D eigenvalue weighted by atomic mass is 16.5. The molecular weight excluding hydrogens is 358 g/mol. The number of nitrogens with one attached hydrogen (secondary N) is 1. The summed E-state index contributed by atoms with van der Waals surface area (Å²) in [6, 6.07) is -0.375. The van der Waals surface area contributed by atoms with Crippen molar-refractivity contribution in [1.82, 2.24) is 20.1 Å². The molecule has 8 nitrogen and oxygen atoms in total. The van der Waals surface area contributed by atoms with Crippen LogP contribution >= 0.6 is 0 Å². The van der Waals surface area contributed by atoms with Gasteiger partial charge in [0.05, 0.1) is 24.5 Å². The summed E-state index contributed by atoms with van der Waals surface area (Å²) in [4.78, 5) is 17.4. The Balaban J connectivity index is 1.75. The lowest BCUT2D eigenvalue weighted by atomic mass is 9.87. The first-order valence-corrected chi connectivity index (χ1v) is 9.88. The fourth-order valence-corrected chi connectivity index (χ4v) is 4.54. The molecule has 2 N–H and O–H groups in total. The third-order valence-corrected chi connectivity index (χ3v) is 6.13. The van der Waals surface area contributed by atoms with Crippen molar-refractivity contribution in [1.29, 1.82) is 0 Å². The number of rotatable bonds is 4. The molecule has 0 bridgehead atoms. The maximum absolute atomic E-state index is 13.1. The lowest BCUT2D eigenvalue weighted by Crippen LogP contribution is -2.46. The quantitative estimate of drug-likeness (QED) is 0.612. The van der Waals surface area contributed by atoms with E-state index in [4.69, 9.17) is 0 Å². The predicted octanol–water partition coefficient (Wildman–Crippen LogP) is 1.48. The van der Waals surface area contributed by atoms with E-state index in [1.807, 2.05) is 20.8 Å². The highest BCUT2D eigenvalue weighted by Crippen LogP contribution is 2.49. The lowest BCUT2D eigenvalue weighted by Gasteiger charge is -2.29. The second kappa shape index (κ2) is 6.84. The average molecular weight is 385 g/mol. The van der Waals surface area contributed by atoms with Crippen LogP contribution in [0, 0.1) is 16.5 Å². The molecule has 0 saturated heterocycles. The molecule has 2 heterocycles. The first kappa shape index (κ1) is 18.9. The van der Waals surface area contributed by atoms with Gasteiger partial charge in [-0.25, -0.2) is 9.67 Å². The molecule has 4 rings (SSSR count). The molecule has 0 spiro atoms. The Kier molecular flexibility index (Phi) is 4.61. The van der Waals surface area contributed by atoms with Gasteiger partial charge in [0.1, 0.15) is 0 Å². The van der Waals surface area contributed by atoms with Crippen LogP contribution in [0.25, 0.3) is 5.82 Å². The molecule has 1 saturated carbocycles. The molecule has 2 aromatic heterocycles. The zero-order chi connectivity index (χ0) is 20.1. The van der Waals surface area contributed by atoms with E-state index >= 15 is 0 Å². The predicted molar refractivity (Wildman–Crippen MR) is 102 cm³/mol. The highest BCUT2D eigenvalue weighted by molar-refractivity contribution is 5.94. The Bertz CT molecular complexity index is 902. The second-order valence-electron chi connectivity index (χ2n) is 8.97. The number of aromatic nitrogens is 4. The van der Waals surface area contributed by atoms with E-state index in [-0.39, 0.29) is 24.0 Å². The molecule has 150 valence electrons. The number of carbonyl (C=O) groups is 1. The number of carbonyl (C=O) groups excluding carboxylic acids is 1. The number of aliphatic hydroxyl groups excluding tert-OH is 1. The molecule has 2 aliphatic carbocycles. The lowest BCUT2D eigenvalue weighted by molar-refractivity contribution is -0.605. The van der Waals surface area contributed by atoms with Gasteiger partial charge in [-0.15, -0.1) is 0 Å². The van der Waals surface area contributed by atoms with Crippen LogP contribution in [0.4, 0.5) is 0 Å². The summed E-state index contributed by atoms with van der Waals surface area (Å²) in [7, 11) is 0. The summed E-state index contributed by atoms with van der Waals surface area (Å²) in [6.45, 7) is 5.78. The fraction of sp³-hybridized carbons (Fsp3) is 0.600. The number of fused-ring (bicyclic) bond motifs is 3. The summed E-state index contributed by atoms with van der Waals surface area (Å²) in [5, 5.41) is 29.0. The van der Waals surface area contributed by atoms with Gasteiger partial charge >= 0.3 is 0 Å². The van der Waals surface area contributed by atoms with Gasteiger partial charge in [0.25, 0.3) is 5.91 Å². The number of nitrogens with zero attached hydrogens (tertiary/aromatic N) is 4. The van der Waals surface area contributed by atoms with Crippen LogP contribution in [0.5, 0.6) is 0 Å². The maximum atomic E-state index is 13.1. The third kappa shape index (κ3) is 3.15. The van der Waals surface area contributed by atoms with Crippen molar-refractivity contribution in [3.8, 4) is 5.82 Å². The fourth-order valence-electron chi connectivity index (χ4n) is 4.54. The van der Waals surface area contributed by atoms with Crippen molar-refractivity contribution >= 4 is 5.91 Å². The summed E-state index contributed by atoms with van der Waals surface area (Å²) in [5.74, 6) is 1.01. The van der Waals surface area contributed by atoms with Crippen LogP contribution in [0.2, 0.25) is 0 Å². The molecule has 0 radical (unpaired) electrons. The minimum atomic E-state index is -0.375. The topological polar surface area (TPSA) is 107 Å². The van der Waals surface area contributed by atoms with Crippen LogP contribution in [0.15, 0.2) is 18.6 Å². The molecule has 1 amide bonds. The molecule has 2 aliphatic rings. The highest BCUT2D eigenvalue weighted by Gasteiger charge is 2.43. The van der Waals surface area contributed by atoms with E-state index < -0.39 is 0 Å². The van der Waals surface area contributed by atoms with E-state index in [9.17, 15) is 15.1 Å². The first-order chi connectivity index (χ1) is 13.3. The van der Waals surface area contributed by atoms with Gasteiger partial charge in [0.15, 0.2) is 11.9 Å². The zero-order valence-corrected chi connectivity index (χ0v) is 16.6. The Morgan fingerprint density at radius 1 is 1.46 bits per heavy atom. The summed E-state index contributed by atoms with van der Waals surface area (Å²) < 4.78 is 2.37. The molecule has 1 unspecified atom stereocenters. The van der Waals surface area contributed by atoms with E-state index in [0.717, 1.165) is 30.5 Å². The van der Waals surface area contributed by atoms with Crippen molar-refractivity contribution in [2.45, 2.75) is 58.4 Å². The van der Waals surface area contributed by atoms with Gasteiger partial charge in [0, 0.05) is 11.5 Å². The van der Waals surface area contributed by atoms with Crippen molar-refractivity contribution < 1.29 is 14.6 Å². The summed E-state index contributed by atoms with van der Waals surface area (Å²) in [5.41, 5.74) is 2.08. The van der Waals surface area contributed by atoms with E-state index in [2.05, 4.69) is 15.4 Å². The van der Waals surface area contributed by atoms with Gasteiger partial charge in [-0.1, -0.05) is 27.2 Å². The second-order valence-corrected chi connectivity index (χ2v) is 8.97. The minimum absolute atomic E-state index is 0.139. The number of hydrogen-bond donors (Lipinski definition) is 2. The molecule has 8 heteroatoms. The molecular formula is C20H27N5O3. The molecule has 3 atom stereocenters. The molecule has 0 aromatic carbocycles. The van der Waals surface area contributed by atoms with E-state index in [0.29, 0.717) is 28.1 Å². The maximum Gasteiger partial charge on any atom is 0.272 e. The molecule has 0 aliphatic heterocycles. The number of hydrogen-bond acceptors (Lipinski definition) is 5. The van der Waals surface area contributed by atoms with Crippen LogP contribution in [0.1, 0.15) is 67.7 Å². The van der Waals surface area contributed by atoms with E-state index in [1.54, 1.807) is 4.68 Å². The largest absolute Gasteiger partial charge is 0.619 e. The molecule has 1 fully saturated rings. The summed E-state index contributed by atoms with van der Waals surface area (Å²) >= 11 is 0. The third-order valence-electron chi connectivity index (χ3n) is 6.13. The van der Waals surface area contributed by atoms with Crippen LogP contribution < -0.4 is 10.0 Å². The zero-order valence-electron chi connectivity index (χ0n) is 16.6. The minimum Gasteiger partial charge on any atom is -0.619 e.